The topological polar surface area (TPSA) is 33.6 Å². The Hall–Kier alpha value is -0.640. The lowest BCUT2D eigenvalue weighted by Gasteiger charge is -1.97. The first-order valence-corrected chi connectivity index (χ1v) is 2.28. The highest BCUT2D eigenvalue weighted by molar-refractivity contribution is 7.79. The van der Waals surface area contributed by atoms with E-state index in [2.05, 4.69) is 22.7 Å². The van der Waals surface area contributed by atoms with Crippen molar-refractivity contribution >= 4 is 24.0 Å². The molecule has 0 radical (unpaired) electrons. The highest BCUT2D eigenvalue weighted by atomic mass is 32.1. The molecule has 4 heteroatoms. The summed E-state index contributed by atoms with van der Waals surface area (Å²) in [5.41, 5.74) is 2.59. The summed E-state index contributed by atoms with van der Waals surface area (Å²) in [7, 11) is 0. The second kappa shape index (κ2) is 1.88. The summed E-state index contributed by atoms with van der Waals surface area (Å²) in [4.78, 5) is 0. The number of hydrogen-bond donors (Lipinski definition) is 1. The molecular formula is C3H4N2OS. The van der Waals surface area contributed by atoms with Crippen LogP contribution in [0.1, 0.15) is 0 Å². The third-order valence-corrected chi connectivity index (χ3v) is 0.833. The summed E-state index contributed by atoms with van der Waals surface area (Å²) in [6, 6.07) is 0. The number of hydrogen-bond acceptors (Lipinski definition) is 4. The van der Waals surface area contributed by atoms with Crippen LogP contribution < -0.4 is 5.43 Å². The summed E-state index contributed by atoms with van der Waals surface area (Å²) in [6.45, 7) is 0. The Balaban J connectivity index is 2.35. The lowest BCUT2D eigenvalue weighted by molar-refractivity contribution is 0.274. The van der Waals surface area contributed by atoms with Gasteiger partial charge in [-0.1, -0.05) is 12.2 Å². The predicted molar refractivity (Wildman–Crippen MR) is 30.2 cm³/mol. The zero-order valence-electron chi connectivity index (χ0n) is 3.50. The molecule has 7 heavy (non-hydrogen) atoms. The Morgan fingerprint density at radius 1 is 2.00 bits per heavy atom. The number of ether oxygens (including phenoxy) is 1. The molecule has 0 saturated heterocycles. The van der Waals surface area contributed by atoms with Gasteiger partial charge in [-0.15, -0.1) is 5.10 Å². The molecular weight excluding hydrogens is 112 g/mol. The minimum absolute atomic E-state index is 0.185. The van der Waals surface area contributed by atoms with E-state index in [0.717, 1.165) is 0 Å². The van der Waals surface area contributed by atoms with Crippen LogP contribution in [0.2, 0.25) is 0 Å². The van der Waals surface area contributed by atoms with Gasteiger partial charge in [-0.2, -0.15) is 0 Å². The van der Waals surface area contributed by atoms with Crippen molar-refractivity contribution in [3.05, 3.63) is 0 Å². The lowest BCUT2D eigenvalue weighted by Crippen LogP contribution is -2.20. The van der Waals surface area contributed by atoms with E-state index in [1.165, 1.54) is 11.8 Å². The van der Waals surface area contributed by atoms with Crippen LogP contribution in [-0.4, -0.2) is 18.0 Å². The number of rotatable bonds is 1. The van der Waals surface area contributed by atoms with Crippen LogP contribution in [0.3, 0.4) is 0 Å². The Bertz CT molecular complexity index is 95.1. The number of thiocarbonyl (C=S) groups is 1. The summed E-state index contributed by atoms with van der Waals surface area (Å²) >= 11 is 4.52. The quantitative estimate of drug-likeness (QED) is 0.485. The molecule has 1 atom stereocenters. The normalized spacial score (nSPS) is 26.0. The van der Waals surface area contributed by atoms with Crippen molar-refractivity contribution in [1.82, 2.24) is 5.43 Å². The molecule has 1 aliphatic rings. The van der Waals surface area contributed by atoms with Crippen LogP contribution in [0, 0.1) is 0 Å². The molecule has 0 aromatic rings. The standard InChI is InChI=1S/C3H4N2OS/c7-1-3-5-4-2-6-3/h1-3,5H. The summed E-state index contributed by atoms with van der Waals surface area (Å²) < 4.78 is 4.74. The van der Waals surface area contributed by atoms with Crippen LogP contribution in [0.5, 0.6) is 0 Å². The van der Waals surface area contributed by atoms with Crippen molar-refractivity contribution in [3.63, 3.8) is 0 Å². The van der Waals surface area contributed by atoms with Gasteiger partial charge in [0.1, 0.15) is 0 Å². The van der Waals surface area contributed by atoms with E-state index in [-0.39, 0.29) is 6.23 Å². The van der Waals surface area contributed by atoms with Crippen LogP contribution in [0.15, 0.2) is 5.10 Å². The van der Waals surface area contributed by atoms with E-state index >= 15 is 0 Å². The van der Waals surface area contributed by atoms with Crippen LogP contribution >= 0.6 is 12.2 Å². The van der Waals surface area contributed by atoms with Gasteiger partial charge in [-0.3, -0.25) is 5.43 Å². The molecule has 1 unspecified atom stereocenters. The second-order valence-corrected chi connectivity index (χ2v) is 1.33. The average Bonchev–Trinajstić information content (AvgIpc) is 2.14. The highest BCUT2D eigenvalue weighted by Gasteiger charge is 2.03. The molecule has 0 saturated carbocycles. The van der Waals surface area contributed by atoms with Gasteiger partial charge in [0.2, 0.25) is 6.23 Å². The van der Waals surface area contributed by atoms with Gasteiger partial charge in [0.15, 0.2) is 6.40 Å². The molecule has 0 aliphatic carbocycles. The summed E-state index contributed by atoms with van der Waals surface area (Å²) in [5, 5.41) is 5.01. The smallest absolute Gasteiger partial charge is 0.215 e. The molecule has 38 valence electrons. The Kier molecular flexibility index (Phi) is 1.21. The van der Waals surface area contributed by atoms with Crippen LogP contribution in [0.25, 0.3) is 0 Å². The minimum atomic E-state index is -0.185. The van der Waals surface area contributed by atoms with Crippen LogP contribution in [-0.2, 0) is 4.74 Å². The van der Waals surface area contributed by atoms with Crippen molar-refractivity contribution in [2.24, 2.45) is 5.10 Å². The van der Waals surface area contributed by atoms with E-state index in [1.54, 1.807) is 0 Å². The van der Waals surface area contributed by atoms with Crippen molar-refractivity contribution in [2.45, 2.75) is 6.23 Å². The first-order chi connectivity index (χ1) is 3.43. The third-order valence-electron chi connectivity index (χ3n) is 0.586. The largest absolute Gasteiger partial charge is 0.453 e. The molecule has 0 aromatic heterocycles. The minimum Gasteiger partial charge on any atom is -0.453 e. The van der Waals surface area contributed by atoms with E-state index in [9.17, 15) is 0 Å². The van der Waals surface area contributed by atoms with Gasteiger partial charge in [-0.05, 0) is 0 Å². The van der Waals surface area contributed by atoms with E-state index in [1.807, 2.05) is 0 Å². The Morgan fingerprint density at radius 2 is 2.86 bits per heavy atom. The molecule has 0 spiro atoms. The second-order valence-electron chi connectivity index (χ2n) is 1.06. The molecule has 0 amide bonds. The number of nitrogens with one attached hydrogen (secondary N) is 1. The molecule has 0 fully saturated rings. The van der Waals surface area contributed by atoms with Gasteiger partial charge >= 0.3 is 0 Å². The van der Waals surface area contributed by atoms with Gasteiger partial charge in [-0.25, -0.2) is 0 Å². The maximum absolute atomic E-state index is 4.74. The van der Waals surface area contributed by atoms with Crippen molar-refractivity contribution in [3.8, 4) is 0 Å². The van der Waals surface area contributed by atoms with E-state index < -0.39 is 0 Å². The summed E-state index contributed by atoms with van der Waals surface area (Å²) in [6.07, 6.45) is 1.14. The molecule has 3 nitrogen and oxygen atoms in total. The van der Waals surface area contributed by atoms with Crippen molar-refractivity contribution in [2.75, 3.05) is 0 Å². The fraction of sp³-hybridized carbons (Fsp3) is 0.333. The average molecular weight is 116 g/mol. The Morgan fingerprint density at radius 3 is 3.14 bits per heavy atom. The van der Waals surface area contributed by atoms with Crippen molar-refractivity contribution in [1.29, 1.82) is 0 Å². The zero-order chi connectivity index (χ0) is 5.11. The first-order valence-electron chi connectivity index (χ1n) is 1.81. The fourth-order valence-corrected chi connectivity index (χ4v) is 0.418. The fourth-order valence-electron chi connectivity index (χ4n) is 0.293. The van der Waals surface area contributed by atoms with Gasteiger partial charge in [0.25, 0.3) is 0 Å². The molecule has 1 N–H and O–H groups in total. The van der Waals surface area contributed by atoms with Crippen molar-refractivity contribution < 1.29 is 4.74 Å². The maximum Gasteiger partial charge on any atom is 0.215 e. The lowest BCUT2D eigenvalue weighted by atomic mass is 10.7. The van der Waals surface area contributed by atoms with E-state index in [4.69, 9.17) is 4.74 Å². The summed E-state index contributed by atoms with van der Waals surface area (Å²) in [5.74, 6) is 0. The SMILES string of the molecule is S=CC1NN=CO1. The monoisotopic (exact) mass is 116 g/mol. The number of nitrogens with zero attached hydrogens (tertiary/aromatic N) is 1. The van der Waals surface area contributed by atoms with Crippen LogP contribution in [0.4, 0.5) is 0 Å². The van der Waals surface area contributed by atoms with E-state index in [0.29, 0.717) is 0 Å². The first kappa shape index (κ1) is 4.52. The van der Waals surface area contributed by atoms with Gasteiger partial charge in [0.05, 0.1) is 0 Å². The zero-order valence-corrected chi connectivity index (χ0v) is 4.31. The third kappa shape index (κ3) is 0.866. The predicted octanol–water partition coefficient (Wildman–Crippen LogP) is -0.125. The molecule has 1 rings (SSSR count). The molecule has 0 bridgehead atoms. The van der Waals surface area contributed by atoms with Gasteiger partial charge < -0.3 is 4.74 Å². The highest BCUT2D eigenvalue weighted by Crippen LogP contribution is 1.86. The maximum atomic E-state index is 4.74. The Labute approximate surface area is 46.4 Å². The molecule has 1 aliphatic heterocycles. The number of hydrazone groups is 1. The molecule has 0 aromatic carbocycles. The molecule has 1 heterocycles. The van der Waals surface area contributed by atoms with Gasteiger partial charge in [0, 0.05) is 5.37 Å².